The molecular weight excluding hydrogens is 438 g/mol. The molecule has 0 saturated heterocycles. The molecule has 1 atom stereocenters. The Morgan fingerprint density at radius 3 is 2.68 bits per heavy atom. The van der Waals surface area contributed by atoms with E-state index in [4.69, 9.17) is 4.74 Å². The number of amides is 1. The van der Waals surface area contributed by atoms with Gasteiger partial charge in [-0.1, -0.05) is 6.07 Å². The number of carbonyl (C=O) groups is 1. The normalized spacial score (nSPS) is 12.0. The molecule has 1 rings (SSSR count). The zero-order chi connectivity index (χ0) is 17.9. The summed E-state index contributed by atoms with van der Waals surface area (Å²) in [7, 11) is 3.46. The van der Waals surface area contributed by atoms with Crippen molar-refractivity contribution in [2.45, 2.75) is 26.4 Å². The average Bonchev–Trinajstić information content (AvgIpc) is 2.52. The van der Waals surface area contributed by atoms with Crippen molar-refractivity contribution in [3.05, 3.63) is 30.1 Å². The highest BCUT2D eigenvalue weighted by Gasteiger charge is 2.07. The predicted molar refractivity (Wildman–Crippen MR) is 109 cm³/mol. The van der Waals surface area contributed by atoms with E-state index in [1.54, 1.807) is 31.1 Å². The summed E-state index contributed by atoms with van der Waals surface area (Å²) < 4.78 is 18.8. The lowest BCUT2D eigenvalue weighted by atomic mass is 10.3. The van der Waals surface area contributed by atoms with E-state index in [1.165, 1.54) is 12.1 Å². The summed E-state index contributed by atoms with van der Waals surface area (Å²) in [6.07, 6.45) is 0.193. The first-order valence-corrected chi connectivity index (χ1v) is 8.07. The van der Waals surface area contributed by atoms with Gasteiger partial charge in [-0.3, -0.25) is 4.79 Å². The number of hydrogen-bond donors (Lipinski definition) is 2. The van der Waals surface area contributed by atoms with Crippen molar-refractivity contribution in [2.75, 3.05) is 33.7 Å². The van der Waals surface area contributed by atoms with E-state index in [1.807, 2.05) is 13.8 Å². The molecule has 0 aromatic heterocycles. The molecule has 0 saturated carbocycles. The van der Waals surface area contributed by atoms with Crippen molar-refractivity contribution in [3.63, 3.8) is 0 Å². The molecule has 0 spiro atoms. The molecule has 0 aliphatic rings. The predicted octanol–water partition coefficient (Wildman–Crippen LogP) is 2.24. The minimum absolute atomic E-state index is 0. The molecule has 0 fully saturated rings. The molecular formula is C17H28FIN4O2. The van der Waals surface area contributed by atoms with Gasteiger partial charge in [-0.15, -0.1) is 24.0 Å². The van der Waals surface area contributed by atoms with Crippen LogP contribution in [0.3, 0.4) is 0 Å². The number of nitrogens with one attached hydrogen (secondary N) is 2. The van der Waals surface area contributed by atoms with Crippen LogP contribution in [-0.4, -0.2) is 56.6 Å². The highest BCUT2D eigenvalue weighted by Crippen LogP contribution is 2.13. The monoisotopic (exact) mass is 466 g/mol. The van der Waals surface area contributed by atoms with Crippen molar-refractivity contribution < 1.29 is 13.9 Å². The Labute approximate surface area is 166 Å². The SMILES string of the molecule is CCNC(=NCC(C)Oc1cccc(F)c1)NCCC(=O)N(C)C.I. The Bertz CT molecular complexity index is 555. The summed E-state index contributed by atoms with van der Waals surface area (Å²) in [4.78, 5) is 17.5. The molecule has 0 bridgehead atoms. The van der Waals surface area contributed by atoms with Crippen LogP contribution in [0.2, 0.25) is 0 Å². The van der Waals surface area contributed by atoms with Gasteiger partial charge in [0, 0.05) is 39.7 Å². The number of carbonyl (C=O) groups excluding carboxylic acids is 1. The smallest absolute Gasteiger partial charge is 0.223 e. The largest absolute Gasteiger partial charge is 0.489 e. The van der Waals surface area contributed by atoms with Crippen LogP contribution in [0.15, 0.2) is 29.3 Å². The number of benzene rings is 1. The first kappa shape index (κ1) is 23.4. The highest BCUT2D eigenvalue weighted by atomic mass is 127. The molecule has 0 radical (unpaired) electrons. The number of guanidine groups is 1. The molecule has 25 heavy (non-hydrogen) atoms. The van der Waals surface area contributed by atoms with E-state index < -0.39 is 0 Å². The molecule has 1 unspecified atom stereocenters. The fraction of sp³-hybridized carbons (Fsp3) is 0.529. The highest BCUT2D eigenvalue weighted by molar-refractivity contribution is 14.0. The summed E-state index contributed by atoms with van der Waals surface area (Å²) >= 11 is 0. The van der Waals surface area contributed by atoms with E-state index in [0.29, 0.717) is 37.8 Å². The lowest BCUT2D eigenvalue weighted by molar-refractivity contribution is -0.128. The first-order chi connectivity index (χ1) is 11.4. The number of ether oxygens (including phenoxy) is 1. The van der Waals surface area contributed by atoms with E-state index in [0.717, 1.165) is 0 Å². The summed E-state index contributed by atoms with van der Waals surface area (Å²) in [5, 5.41) is 6.22. The van der Waals surface area contributed by atoms with Crippen LogP contribution in [-0.2, 0) is 4.79 Å². The van der Waals surface area contributed by atoms with Crippen molar-refractivity contribution in [3.8, 4) is 5.75 Å². The number of rotatable bonds is 8. The van der Waals surface area contributed by atoms with Crippen LogP contribution < -0.4 is 15.4 Å². The van der Waals surface area contributed by atoms with Gasteiger partial charge in [0.15, 0.2) is 5.96 Å². The first-order valence-electron chi connectivity index (χ1n) is 8.07. The Kier molecular flexibility index (Phi) is 11.9. The van der Waals surface area contributed by atoms with Crippen LogP contribution in [0.25, 0.3) is 0 Å². The zero-order valence-electron chi connectivity index (χ0n) is 15.2. The quantitative estimate of drug-likeness (QED) is 0.351. The van der Waals surface area contributed by atoms with Crippen LogP contribution >= 0.6 is 24.0 Å². The van der Waals surface area contributed by atoms with Gasteiger partial charge in [0.1, 0.15) is 17.7 Å². The summed E-state index contributed by atoms with van der Waals surface area (Å²) in [6.45, 7) is 5.46. The molecule has 142 valence electrons. The Morgan fingerprint density at radius 1 is 1.36 bits per heavy atom. The maximum absolute atomic E-state index is 13.1. The van der Waals surface area contributed by atoms with Crippen molar-refractivity contribution >= 4 is 35.8 Å². The van der Waals surface area contributed by atoms with Gasteiger partial charge in [-0.05, 0) is 26.0 Å². The zero-order valence-corrected chi connectivity index (χ0v) is 17.5. The number of hydrogen-bond acceptors (Lipinski definition) is 3. The van der Waals surface area contributed by atoms with E-state index in [2.05, 4.69) is 15.6 Å². The van der Waals surface area contributed by atoms with E-state index in [-0.39, 0.29) is 41.8 Å². The van der Waals surface area contributed by atoms with Gasteiger partial charge in [0.05, 0.1) is 6.54 Å². The topological polar surface area (TPSA) is 66.0 Å². The minimum Gasteiger partial charge on any atom is -0.489 e. The summed E-state index contributed by atoms with van der Waals surface area (Å²) in [6, 6.07) is 6.03. The van der Waals surface area contributed by atoms with Crippen molar-refractivity contribution in [1.29, 1.82) is 0 Å². The standard InChI is InChI=1S/C17H27FN4O2.HI/c1-5-19-17(20-10-9-16(23)22(3)4)21-12-13(2)24-15-8-6-7-14(18)11-15;/h6-8,11,13H,5,9-10,12H2,1-4H3,(H2,19,20,21);1H. The van der Waals surface area contributed by atoms with Gasteiger partial charge in [0.2, 0.25) is 5.91 Å². The molecule has 2 N–H and O–H groups in total. The minimum atomic E-state index is -0.330. The lowest BCUT2D eigenvalue weighted by Gasteiger charge is -2.16. The van der Waals surface area contributed by atoms with Gasteiger partial charge >= 0.3 is 0 Å². The maximum atomic E-state index is 13.1. The number of aliphatic imine (C=N–C) groups is 1. The lowest BCUT2D eigenvalue weighted by Crippen LogP contribution is -2.39. The van der Waals surface area contributed by atoms with Gasteiger partial charge in [-0.25, -0.2) is 9.38 Å². The fourth-order valence-electron chi connectivity index (χ4n) is 1.88. The second kappa shape index (κ2) is 12.7. The summed E-state index contributed by atoms with van der Waals surface area (Å²) in [5.41, 5.74) is 0. The van der Waals surface area contributed by atoms with Crippen molar-refractivity contribution in [1.82, 2.24) is 15.5 Å². The van der Waals surface area contributed by atoms with E-state index in [9.17, 15) is 9.18 Å². The molecule has 6 nitrogen and oxygen atoms in total. The van der Waals surface area contributed by atoms with Crippen LogP contribution in [0, 0.1) is 5.82 Å². The Balaban J connectivity index is 0.00000576. The van der Waals surface area contributed by atoms with Crippen LogP contribution in [0.5, 0.6) is 5.75 Å². The second-order valence-corrected chi connectivity index (χ2v) is 5.57. The fourth-order valence-corrected chi connectivity index (χ4v) is 1.88. The molecule has 0 heterocycles. The maximum Gasteiger partial charge on any atom is 0.223 e. The summed E-state index contributed by atoms with van der Waals surface area (Å²) in [5.74, 6) is 0.830. The number of nitrogens with zero attached hydrogens (tertiary/aromatic N) is 2. The second-order valence-electron chi connectivity index (χ2n) is 5.57. The molecule has 1 amide bonds. The molecule has 8 heteroatoms. The third kappa shape index (κ3) is 10.1. The van der Waals surface area contributed by atoms with Crippen molar-refractivity contribution in [2.24, 2.45) is 4.99 Å². The van der Waals surface area contributed by atoms with Crippen LogP contribution in [0.4, 0.5) is 4.39 Å². The Hall–Kier alpha value is -1.58. The number of halogens is 2. The third-order valence-electron chi connectivity index (χ3n) is 3.11. The van der Waals surface area contributed by atoms with Gasteiger partial charge in [-0.2, -0.15) is 0 Å². The molecule has 0 aliphatic heterocycles. The van der Waals surface area contributed by atoms with Crippen LogP contribution in [0.1, 0.15) is 20.3 Å². The third-order valence-corrected chi connectivity index (χ3v) is 3.11. The van der Waals surface area contributed by atoms with E-state index >= 15 is 0 Å². The average molecular weight is 466 g/mol. The molecule has 1 aromatic carbocycles. The molecule has 0 aliphatic carbocycles. The van der Waals surface area contributed by atoms with Gasteiger partial charge < -0.3 is 20.3 Å². The molecule has 1 aromatic rings. The Morgan fingerprint density at radius 2 is 2.08 bits per heavy atom. The van der Waals surface area contributed by atoms with Gasteiger partial charge in [0.25, 0.3) is 0 Å².